The number of rotatable bonds is 4. The van der Waals surface area contributed by atoms with Gasteiger partial charge in [0, 0.05) is 43.2 Å². The number of hydrogen-bond donors (Lipinski definition) is 0. The van der Waals surface area contributed by atoms with Gasteiger partial charge >= 0.3 is 6.18 Å². The topological polar surface area (TPSA) is 59.3 Å². The summed E-state index contributed by atoms with van der Waals surface area (Å²) in [4.78, 5) is 8.23. The Labute approximate surface area is 223 Å². The van der Waals surface area contributed by atoms with E-state index in [4.69, 9.17) is 21.4 Å². The molecule has 3 aromatic rings. The van der Waals surface area contributed by atoms with Crippen molar-refractivity contribution in [2.45, 2.75) is 50.5 Å². The minimum Gasteiger partial charge on any atom is -0.380 e. The van der Waals surface area contributed by atoms with E-state index >= 15 is 0 Å². The van der Waals surface area contributed by atoms with E-state index in [1.807, 2.05) is 17.0 Å². The van der Waals surface area contributed by atoms with Gasteiger partial charge in [-0.15, -0.1) is 10.2 Å². The van der Waals surface area contributed by atoms with Gasteiger partial charge in [-0.25, -0.2) is 4.98 Å². The number of nitrogens with zero attached hydrogens (tertiary/aromatic N) is 6. The molecular weight excluding hydrogens is 517 g/mol. The lowest BCUT2D eigenvalue weighted by Crippen LogP contribution is -2.53. The Bertz CT molecular complexity index is 1350. The Kier molecular flexibility index (Phi) is 5.90. The summed E-state index contributed by atoms with van der Waals surface area (Å²) in [7, 11) is 0. The molecule has 4 aliphatic rings. The SMILES string of the molecule is FC(F)(F)c1cccc(N2CC(C3CCC3c3nnc4n3-c3ccc(Cl)cc3CN([C@H]3CCOC3)C4)C2)n1. The second-order valence-corrected chi connectivity index (χ2v) is 11.3. The molecule has 3 fully saturated rings. The van der Waals surface area contributed by atoms with E-state index in [9.17, 15) is 13.2 Å². The number of aromatic nitrogens is 4. The van der Waals surface area contributed by atoms with E-state index in [-0.39, 0.29) is 5.92 Å². The van der Waals surface area contributed by atoms with Crippen LogP contribution in [-0.2, 0) is 24.0 Å². The van der Waals surface area contributed by atoms with E-state index in [2.05, 4.69) is 25.6 Å². The first-order chi connectivity index (χ1) is 18.3. The minimum absolute atomic E-state index is 0.266. The molecule has 7 rings (SSSR count). The van der Waals surface area contributed by atoms with Crippen LogP contribution >= 0.6 is 11.6 Å². The smallest absolute Gasteiger partial charge is 0.380 e. The van der Waals surface area contributed by atoms with Crippen molar-refractivity contribution in [3.8, 4) is 5.69 Å². The zero-order valence-electron chi connectivity index (χ0n) is 20.7. The number of halogens is 4. The number of alkyl halides is 3. The first kappa shape index (κ1) is 24.4. The lowest BCUT2D eigenvalue weighted by molar-refractivity contribution is -0.141. The van der Waals surface area contributed by atoms with Gasteiger partial charge in [0.2, 0.25) is 0 Å². The van der Waals surface area contributed by atoms with Gasteiger partial charge in [0.1, 0.15) is 17.3 Å². The molecule has 0 bridgehead atoms. The van der Waals surface area contributed by atoms with Gasteiger partial charge in [-0.2, -0.15) is 13.2 Å². The van der Waals surface area contributed by atoms with E-state index in [1.54, 1.807) is 6.07 Å². The van der Waals surface area contributed by atoms with Crippen molar-refractivity contribution in [3.63, 3.8) is 0 Å². The molecule has 2 saturated heterocycles. The molecule has 0 radical (unpaired) electrons. The van der Waals surface area contributed by atoms with E-state index < -0.39 is 11.9 Å². The van der Waals surface area contributed by atoms with Crippen LogP contribution in [-0.4, -0.2) is 57.0 Å². The molecular formula is C27H28ClF3N6O. The molecule has 5 heterocycles. The molecule has 0 N–H and O–H groups in total. The second kappa shape index (κ2) is 9.20. The van der Waals surface area contributed by atoms with E-state index in [0.717, 1.165) is 68.0 Å². The lowest BCUT2D eigenvalue weighted by Gasteiger charge is -2.50. The van der Waals surface area contributed by atoms with Crippen molar-refractivity contribution in [3.05, 3.63) is 64.3 Å². The average Bonchev–Trinajstić information content (AvgIpc) is 3.48. The van der Waals surface area contributed by atoms with Crippen LogP contribution in [0, 0.1) is 11.8 Å². The first-order valence-electron chi connectivity index (χ1n) is 13.2. The molecule has 11 heteroatoms. The normalized spacial score (nSPS) is 25.9. The fraction of sp³-hybridized carbons (Fsp3) is 0.519. The Morgan fingerprint density at radius 3 is 2.61 bits per heavy atom. The van der Waals surface area contributed by atoms with Crippen LogP contribution in [0.3, 0.4) is 0 Å². The van der Waals surface area contributed by atoms with Gasteiger partial charge in [0.15, 0.2) is 5.82 Å². The summed E-state index contributed by atoms with van der Waals surface area (Å²) in [6.45, 7) is 4.39. The standard InChI is InChI=1S/C27H28ClF3N6O/c28-18-4-7-22-16(10-18)11-35(19-8-9-38-15-19)14-25-33-34-26(37(22)25)21-6-5-20(21)17-12-36(13-17)24-3-1-2-23(32-24)27(29,30)31/h1-4,7,10,17,19-21H,5-6,8-9,11-15H2/t19-,20?,21?/m0/s1. The van der Waals surface area contributed by atoms with Gasteiger partial charge in [0.25, 0.3) is 0 Å². The largest absolute Gasteiger partial charge is 0.433 e. The molecule has 0 spiro atoms. The van der Waals surface area contributed by atoms with Crippen molar-refractivity contribution in [1.82, 2.24) is 24.6 Å². The maximum absolute atomic E-state index is 13.1. The zero-order valence-corrected chi connectivity index (χ0v) is 21.5. The number of ether oxygens (including phenoxy) is 1. The summed E-state index contributed by atoms with van der Waals surface area (Å²) >= 11 is 6.41. The maximum Gasteiger partial charge on any atom is 0.433 e. The van der Waals surface area contributed by atoms with Crippen molar-refractivity contribution in [2.75, 3.05) is 31.2 Å². The van der Waals surface area contributed by atoms with Gasteiger partial charge in [0.05, 0.1) is 18.8 Å². The van der Waals surface area contributed by atoms with Gasteiger partial charge < -0.3 is 9.64 Å². The van der Waals surface area contributed by atoms with Crippen molar-refractivity contribution < 1.29 is 17.9 Å². The van der Waals surface area contributed by atoms with E-state index in [1.165, 1.54) is 6.07 Å². The van der Waals surface area contributed by atoms with Crippen LogP contribution in [0.5, 0.6) is 0 Å². The number of benzene rings is 1. The number of anilines is 1. The quantitative estimate of drug-likeness (QED) is 0.457. The lowest BCUT2D eigenvalue weighted by atomic mass is 9.64. The predicted molar refractivity (Wildman–Crippen MR) is 135 cm³/mol. The van der Waals surface area contributed by atoms with Crippen LogP contribution in [0.25, 0.3) is 5.69 Å². The summed E-state index contributed by atoms with van der Waals surface area (Å²) < 4.78 is 47.3. The molecule has 1 aliphatic carbocycles. The summed E-state index contributed by atoms with van der Waals surface area (Å²) in [6, 6.07) is 10.5. The van der Waals surface area contributed by atoms with Crippen LogP contribution in [0.4, 0.5) is 19.0 Å². The maximum atomic E-state index is 13.1. The first-order valence-corrected chi connectivity index (χ1v) is 13.6. The highest BCUT2D eigenvalue weighted by atomic mass is 35.5. The van der Waals surface area contributed by atoms with Crippen LogP contribution in [0.15, 0.2) is 36.4 Å². The summed E-state index contributed by atoms with van der Waals surface area (Å²) in [6.07, 6.45) is -1.32. The number of fused-ring (bicyclic) bond motifs is 3. The highest BCUT2D eigenvalue weighted by Gasteiger charge is 2.46. The van der Waals surface area contributed by atoms with E-state index in [0.29, 0.717) is 48.4 Å². The third-order valence-electron chi connectivity index (χ3n) is 8.70. The molecule has 200 valence electrons. The Hall–Kier alpha value is -2.69. The van der Waals surface area contributed by atoms with Crippen LogP contribution in [0.2, 0.25) is 5.02 Å². The zero-order chi connectivity index (χ0) is 26.0. The van der Waals surface area contributed by atoms with Crippen molar-refractivity contribution in [1.29, 1.82) is 0 Å². The number of pyridine rings is 1. The van der Waals surface area contributed by atoms with Crippen LogP contribution in [0.1, 0.15) is 48.1 Å². The Morgan fingerprint density at radius 1 is 1.00 bits per heavy atom. The van der Waals surface area contributed by atoms with Crippen LogP contribution < -0.4 is 4.90 Å². The molecule has 2 aromatic heterocycles. The molecule has 2 unspecified atom stereocenters. The second-order valence-electron chi connectivity index (χ2n) is 10.9. The highest BCUT2D eigenvalue weighted by molar-refractivity contribution is 6.30. The highest BCUT2D eigenvalue weighted by Crippen LogP contribution is 2.50. The molecule has 3 atom stereocenters. The van der Waals surface area contributed by atoms with Crippen molar-refractivity contribution in [2.24, 2.45) is 11.8 Å². The minimum atomic E-state index is -4.44. The monoisotopic (exact) mass is 544 g/mol. The Balaban J connectivity index is 1.13. The third-order valence-corrected chi connectivity index (χ3v) is 8.94. The summed E-state index contributed by atoms with van der Waals surface area (Å²) in [5.74, 6) is 3.39. The molecule has 0 amide bonds. The van der Waals surface area contributed by atoms with Gasteiger partial charge in [-0.05, 0) is 67.0 Å². The summed E-state index contributed by atoms with van der Waals surface area (Å²) in [5, 5.41) is 10.1. The fourth-order valence-electron chi connectivity index (χ4n) is 6.50. The molecule has 38 heavy (non-hydrogen) atoms. The predicted octanol–water partition coefficient (Wildman–Crippen LogP) is 5.07. The Morgan fingerprint density at radius 2 is 1.87 bits per heavy atom. The van der Waals surface area contributed by atoms with Gasteiger partial charge in [-0.1, -0.05) is 17.7 Å². The fourth-order valence-corrected chi connectivity index (χ4v) is 6.69. The molecule has 7 nitrogen and oxygen atoms in total. The molecule has 3 aliphatic heterocycles. The summed E-state index contributed by atoms with van der Waals surface area (Å²) in [5.41, 5.74) is 1.40. The van der Waals surface area contributed by atoms with Crippen molar-refractivity contribution >= 4 is 17.4 Å². The average molecular weight is 545 g/mol. The number of hydrogen-bond acceptors (Lipinski definition) is 6. The third kappa shape index (κ3) is 4.17. The molecule has 1 saturated carbocycles. The molecule has 1 aromatic carbocycles. The van der Waals surface area contributed by atoms with Gasteiger partial charge in [-0.3, -0.25) is 9.47 Å².